The maximum absolute atomic E-state index is 4.62. The van der Waals surface area contributed by atoms with E-state index in [1.54, 1.807) is 11.5 Å². The van der Waals surface area contributed by atoms with Gasteiger partial charge >= 0.3 is 0 Å². The van der Waals surface area contributed by atoms with Crippen molar-refractivity contribution in [1.29, 1.82) is 0 Å². The van der Waals surface area contributed by atoms with Crippen molar-refractivity contribution in [3.63, 3.8) is 0 Å². The number of hydrogen-bond donors (Lipinski definition) is 0. The SMILES string of the molecule is CC(C)c1nsc(N2CCN(C(C)C)CC2)n1. The normalized spacial score (nSPS) is 18.4. The molecular weight excluding hydrogens is 232 g/mol. The number of nitrogens with zero attached hydrogens (tertiary/aromatic N) is 4. The third-order valence-corrected chi connectivity index (χ3v) is 4.05. The van der Waals surface area contributed by atoms with Gasteiger partial charge in [-0.25, -0.2) is 4.98 Å². The van der Waals surface area contributed by atoms with Gasteiger partial charge in [0.15, 0.2) is 0 Å². The maximum Gasteiger partial charge on any atom is 0.205 e. The Morgan fingerprint density at radius 1 is 1.06 bits per heavy atom. The Hall–Kier alpha value is -0.680. The van der Waals surface area contributed by atoms with E-state index in [1.165, 1.54) is 0 Å². The first-order valence-corrected chi connectivity index (χ1v) is 7.18. The van der Waals surface area contributed by atoms with Gasteiger partial charge in [-0.1, -0.05) is 13.8 Å². The third-order valence-electron chi connectivity index (χ3n) is 3.26. The first-order valence-electron chi connectivity index (χ1n) is 6.40. The molecule has 0 aliphatic carbocycles. The van der Waals surface area contributed by atoms with Crippen LogP contribution in [0.3, 0.4) is 0 Å². The van der Waals surface area contributed by atoms with Crippen LogP contribution >= 0.6 is 11.5 Å². The topological polar surface area (TPSA) is 32.3 Å². The monoisotopic (exact) mass is 254 g/mol. The van der Waals surface area contributed by atoms with Crippen molar-refractivity contribution in [3.8, 4) is 0 Å². The van der Waals surface area contributed by atoms with E-state index in [4.69, 9.17) is 0 Å². The summed E-state index contributed by atoms with van der Waals surface area (Å²) in [6, 6.07) is 0.651. The van der Waals surface area contributed by atoms with Gasteiger partial charge in [0.05, 0.1) is 0 Å². The number of anilines is 1. The van der Waals surface area contributed by atoms with E-state index in [-0.39, 0.29) is 0 Å². The summed E-state index contributed by atoms with van der Waals surface area (Å²) in [7, 11) is 0. The third kappa shape index (κ3) is 2.96. The quantitative estimate of drug-likeness (QED) is 0.827. The molecule has 0 saturated carbocycles. The van der Waals surface area contributed by atoms with Crippen LogP contribution in [0.25, 0.3) is 0 Å². The molecule has 1 fully saturated rings. The van der Waals surface area contributed by atoms with E-state index in [2.05, 4.69) is 46.9 Å². The molecule has 0 spiro atoms. The van der Waals surface area contributed by atoms with Gasteiger partial charge in [-0.05, 0) is 13.8 Å². The lowest BCUT2D eigenvalue weighted by atomic mass is 10.2. The zero-order chi connectivity index (χ0) is 12.4. The summed E-state index contributed by atoms with van der Waals surface area (Å²) in [6.07, 6.45) is 0. The Morgan fingerprint density at radius 2 is 1.71 bits per heavy atom. The van der Waals surface area contributed by atoms with Crippen LogP contribution in [0, 0.1) is 0 Å². The van der Waals surface area contributed by atoms with E-state index in [9.17, 15) is 0 Å². The second-order valence-electron chi connectivity index (χ2n) is 5.21. The summed E-state index contributed by atoms with van der Waals surface area (Å²) in [5.41, 5.74) is 0. The Bertz CT molecular complexity index is 353. The fourth-order valence-electron chi connectivity index (χ4n) is 2.02. The minimum absolute atomic E-state index is 0.428. The summed E-state index contributed by atoms with van der Waals surface area (Å²) in [5, 5.41) is 1.09. The van der Waals surface area contributed by atoms with E-state index in [0.717, 1.165) is 37.1 Å². The molecule has 1 saturated heterocycles. The Labute approximate surface area is 108 Å². The maximum atomic E-state index is 4.62. The zero-order valence-electron chi connectivity index (χ0n) is 11.2. The first-order chi connectivity index (χ1) is 8.08. The molecule has 0 amide bonds. The number of piperazine rings is 1. The van der Waals surface area contributed by atoms with Gasteiger partial charge in [-0.3, -0.25) is 4.90 Å². The summed E-state index contributed by atoms with van der Waals surface area (Å²) in [4.78, 5) is 9.50. The molecule has 0 N–H and O–H groups in total. The molecule has 1 aliphatic rings. The van der Waals surface area contributed by atoms with Gasteiger partial charge in [0.25, 0.3) is 0 Å². The average molecular weight is 254 g/mol. The Balaban J connectivity index is 1.96. The van der Waals surface area contributed by atoms with Gasteiger partial charge in [0.2, 0.25) is 5.13 Å². The van der Waals surface area contributed by atoms with Crippen LogP contribution < -0.4 is 4.90 Å². The molecule has 1 aliphatic heterocycles. The lowest BCUT2D eigenvalue weighted by Gasteiger charge is -2.36. The number of rotatable bonds is 3. The molecular formula is C12H22N4S. The van der Waals surface area contributed by atoms with Crippen molar-refractivity contribution in [3.05, 3.63) is 5.82 Å². The highest BCUT2D eigenvalue weighted by Crippen LogP contribution is 2.22. The summed E-state index contributed by atoms with van der Waals surface area (Å²) >= 11 is 1.54. The highest BCUT2D eigenvalue weighted by Gasteiger charge is 2.21. The van der Waals surface area contributed by atoms with Gasteiger partial charge < -0.3 is 4.90 Å². The first kappa shape index (κ1) is 12.8. The minimum atomic E-state index is 0.428. The van der Waals surface area contributed by atoms with Gasteiger partial charge in [0, 0.05) is 49.7 Å². The second kappa shape index (κ2) is 5.31. The van der Waals surface area contributed by atoms with Gasteiger partial charge in [-0.2, -0.15) is 4.37 Å². The molecule has 2 heterocycles. The standard InChI is InChI=1S/C12H22N4S/c1-9(2)11-13-12(17-14-11)16-7-5-15(6-8-16)10(3)4/h9-10H,5-8H2,1-4H3. The van der Waals surface area contributed by atoms with Crippen LogP contribution in [0.2, 0.25) is 0 Å². The largest absolute Gasteiger partial charge is 0.344 e. The van der Waals surface area contributed by atoms with Gasteiger partial charge in [0.1, 0.15) is 5.82 Å². The number of hydrogen-bond acceptors (Lipinski definition) is 5. The molecule has 5 heteroatoms. The highest BCUT2D eigenvalue weighted by atomic mass is 32.1. The van der Waals surface area contributed by atoms with E-state index >= 15 is 0 Å². The van der Waals surface area contributed by atoms with Crippen LogP contribution in [0.15, 0.2) is 0 Å². The molecule has 0 unspecified atom stereocenters. The molecule has 0 atom stereocenters. The lowest BCUT2D eigenvalue weighted by molar-refractivity contribution is 0.209. The van der Waals surface area contributed by atoms with E-state index in [0.29, 0.717) is 12.0 Å². The second-order valence-corrected chi connectivity index (χ2v) is 5.94. The highest BCUT2D eigenvalue weighted by molar-refractivity contribution is 7.09. The van der Waals surface area contributed by atoms with Crippen molar-refractivity contribution in [2.45, 2.75) is 39.7 Å². The molecule has 4 nitrogen and oxygen atoms in total. The zero-order valence-corrected chi connectivity index (χ0v) is 12.0. The Kier molecular flexibility index (Phi) is 3.99. The Morgan fingerprint density at radius 3 is 2.18 bits per heavy atom. The smallest absolute Gasteiger partial charge is 0.205 e. The minimum Gasteiger partial charge on any atom is -0.344 e. The van der Waals surface area contributed by atoms with Crippen molar-refractivity contribution < 1.29 is 0 Å². The predicted octanol–water partition coefficient (Wildman–Crippen LogP) is 2.19. The summed E-state index contributed by atoms with van der Waals surface area (Å²) in [5.74, 6) is 1.41. The fraction of sp³-hybridized carbons (Fsp3) is 0.833. The molecule has 0 radical (unpaired) electrons. The van der Waals surface area contributed by atoms with Crippen LogP contribution in [0.5, 0.6) is 0 Å². The number of aromatic nitrogens is 2. The summed E-state index contributed by atoms with van der Waals surface area (Å²) < 4.78 is 4.42. The van der Waals surface area contributed by atoms with Gasteiger partial charge in [-0.15, -0.1) is 0 Å². The molecule has 2 rings (SSSR count). The molecule has 1 aromatic heterocycles. The predicted molar refractivity (Wildman–Crippen MR) is 72.9 cm³/mol. The van der Waals surface area contributed by atoms with E-state index in [1.807, 2.05) is 0 Å². The van der Waals surface area contributed by atoms with Crippen molar-refractivity contribution in [2.24, 2.45) is 0 Å². The summed E-state index contributed by atoms with van der Waals surface area (Å²) in [6.45, 7) is 13.2. The van der Waals surface area contributed by atoms with Crippen LogP contribution in [0.1, 0.15) is 39.4 Å². The molecule has 0 aromatic carbocycles. The molecule has 1 aromatic rings. The average Bonchev–Trinajstić information content (AvgIpc) is 2.78. The van der Waals surface area contributed by atoms with Crippen LogP contribution in [-0.2, 0) is 0 Å². The molecule has 17 heavy (non-hydrogen) atoms. The lowest BCUT2D eigenvalue weighted by Crippen LogP contribution is -2.48. The van der Waals surface area contributed by atoms with Crippen molar-refractivity contribution in [1.82, 2.24) is 14.3 Å². The fourth-order valence-corrected chi connectivity index (χ4v) is 2.88. The molecule has 0 bridgehead atoms. The van der Waals surface area contributed by atoms with Crippen LogP contribution in [-0.4, -0.2) is 46.5 Å². The molecule has 96 valence electrons. The van der Waals surface area contributed by atoms with Crippen LogP contribution in [0.4, 0.5) is 5.13 Å². The van der Waals surface area contributed by atoms with Crippen molar-refractivity contribution >= 4 is 16.7 Å². The van der Waals surface area contributed by atoms with E-state index < -0.39 is 0 Å². The van der Waals surface area contributed by atoms with Crippen molar-refractivity contribution in [2.75, 3.05) is 31.1 Å².